The number of hydrogen-bond donors (Lipinski definition) is 1. The van der Waals surface area contributed by atoms with Crippen LogP contribution < -0.4 is 11.3 Å². The molecule has 2 aromatic heterocycles. The van der Waals surface area contributed by atoms with Crippen molar-refractivity contribution >= 4 is 21.7 Å². The van der Waals surface area contributed by atoms with Gasteiger partial charge in [0.05, 0.1) is 6.54 Å². The summed E-state index contributed by atoms with van der Waals surface area (Å²) in [6, 6.07) is 6.84. The Kier molecular flexibility index (Phi) is 3.05. The summed E-state index contributed by atoms with van der Waals surface area (Å²) < 4.78 is 2.48. The number of aromatic nitrogens is 2. The minimum Gasteiger partial charge on any atom is -0.384 e. The maximum absolute atomic E-state index is 11.6. The molecule has 0 saturated heterocycles. The molecule has 16 heavy (non-hydrogen) atoms. The van der Waals surface area contributed by atoms with Crippen molar-refractivity contribution in [1.82, 2.24) is 9.55 Å². The van der Waals surface area contributed by atoms with E-state index >= 15 is 0 Å². The summed E-state index contributed by atoms with van der Waals surface area (Å²) in [6.07, 6.45) is 3.38. The van der Waals surface area contributed by atoms with E-state index in [2.05, 4.69) is 20.9 Å². The minimum absolute atomic E-state index is 0.0430. The van der Waals surface area contributed by atoms with E-state index in [-0.39, 0.29) is 5.56 Å². The van der Waals surface area contributed by atoms with E-state index in [9.17, 15) is 4.79 Å². The molecule has 0 aliphatic rings. The second-order valence-electron chi connectivity index (χ2n) is 3.40. The van der Waals surface area contributed by atoms with E-state index in [1.165, 1.54) is 6.07 Å². The van der Waals surface area contributed by atoms with E-state index < -0.39 is 0 Å². The zero-order valence-electron chi connectivity index (χ0n) is 8.43. The lowest BCUT2D eigenvalue weighted by atomic mass is 10.2. The third-order valence-corrected chi connectivity index (χ3v) is 2.61. The summed E-state index contributed by atoms with van der Waals surface area (Å²) in [5.74, 6) is 0.459. The van der Waals surface area contributed by atoms with Crippen molar-refractivity contribution in [2.45, 2.75) is 6.54 Å². The Morgan fingerprint density at radius 2 is 2.19 bits per heavy atom. The molecule has 0 radical (unpaired) electrons. The van der Waals surface area contributed by atoms with Crippen LogP contribution in [0.2, 0.25) is 0 Å². The zero-order valence-corrected chi connectivity index (χ0v) is 10.0. The lowest BCUT2D eigenvalue weighted by molar-refractivity contribution is 0.755. The topological polar surface area (TPSA) is 60.9 Å². The molecule has 4 nitrogen and oxygen atoms in total. The normalized spacial score (nSPS) is 10.3. The summed E-state index contributed by atoms with van der Waals surface area (Å²) in [7, 11) is 0. The van der Waals surface area contributed by atoms with Crippen LogP contribution in [0.25, 0.3) is 0 Å². The summed E-state index contributed by atoms with van der Waals surface area (Å²) in [5.41, 5.74) is 6.48. The van der Waals surface area contributed by atoms with Gasteiger partial charge in [0.25, 0.3) is 5.56 Å². The Balaban J connectivity index is 2.34. The summed E-state index contributed by atoms with van der Waals surface area (Å²) in [5, 5.41) is 0. The van der Waals surface area contributed by atoms with Crippen LogP contribution >= 0.6 is 15.9 Å². The molecule has 0 aromatic carbocycles. The summed E-state index contributed by atoms with van der Waals surface area (Å²) >= 11 is 3.33. The third-order valence-electron chi connectivity index (χ3n) is 2.15. The van der Waals surface area contributed by atoms with Gasteiger partial charge in [-0.3, -0.25) is 4.79 Å². The highest BCUT2D eigenvalue weighted by Crippen LogP contribution is 2.08. The number of hydrogen-bond acceptors (Lipinski definition) is 3. The van der Waals surface area contributed by atoms with Crippen LogP contribution in [0.1, 0.15) is 5.56 Å². The number of nitrogens with two attached hydrogens (primary N) is 1. The first-order valence-corrected chi connectivity index (χ1v) is 5.51. The highest BCUT2D eigenvalue weighted by molar-refractivity contribution is 9.10. The quantitative estimate of drug-likeness (QED) is 0.909. The molecular formula is C11H10BrN3O. The molecule has 0 aliphatic heterocycles. The predicted octanol–water partition coefficient (Wildman–Crippen LogP) is 1.64. The molecule has 5 heteroatoms. The van der Waals surface area contributed by atoms with Crippen LogP contribution in [0.4, 0.5) is 5.82 Å². The van der Waals surface area contributed by atoms with Gasteiger partial charge in [0.15, 0.2) is 0 Å². The molecule has 2 N–H and O–H groups in total. The zero-order chi connectivity index (χ0) is 11.5. The lowest BCUT2D eigenvalue weighted by Gasteiger charge is -2.06. The molecule has 2 rings (SSSR count). The Hall–Kier alpha value is -1.62. The van der Waals surface area contributed by atoms with Crippen LogP contribution in [0.3, 0.4) is 0 Å². The molecule has 0 saturated carbocycles. The molecule has 0 unspecified atom stereocenters. The third kappa shape index (κ3) is 2.49. The molecule has 2 aromatic rings. The van der Waals surface area contributed by atoms with Crippen molar-refractivity contribution in [3.05, 3.63) is 57.0 Å². The number of rotatable bonds is 2. The number of anilines is 1. The van der Waals surface area contributed by atoms with Gasteiger partial charge in [0, 0.05) is 22.9 Å². The predicted molar refractivity (Wildman–Crippen MR) is 66.2 cm³/mol. The molecule has 0 fully saturated rings. The first kappa shape index (κ1) is 10.9. The Morgan fingerprint density at radius 3 is 2.94 bits per heavy atom. The average molecular weight is 280 g/mol. The van der Waals surface area contributed by atoms with Gasteiger partial charge in [-0.2, -0.15) is 0 Å². The van der Waals surface area contributed by atoms with Crippen molar-refractivity contribution in [2.75, 3.05) is 5.73 Å². The van der Waals surface area contributed by atoms with Crippen molar-refractivity contribution in [3.63, 3.8) is 0 Å². The molecular weight excluding hydrogens is 270 g/mol. The van der Waals surface area contributed by atoms with Crippen molar-refractivity contribution < 1.29 is 0 Å². The number of nitrogens with zero attached hydrogens (tertiary/aromatic N) is 2. The van der Waals surface area contributed by atoms with Gasteiger partial charge in [-0.1, -0.05) is 0 Å². The highest BCUT2D eigenvalue weighted by Gasteiger charge is 1.99. The SMILES string of the molecule is Nc1cc(Cn2cc(Br)ccc2=O)ccn1. The first-order valence-electron chi connectivity index (χ1n) is 4.71. The molecule has 0 bridgehead atoms. The fourth-order valence-electron chi connectivity index (χ4n) is 1.42. The fraction of sp³-hybridized carbons (Fsp3) is 0.0909. The molecule has 0 amide bonds. The monoisotopic (exact) mass is 279 g/mol. The molecule has 0 spiro atoms. The Bertz CT molecular complexity index is 565. The number of pyridine rings is 2. The Labute approximate surface area is 101 Å². The van der Waals surface area contributed by atoms with E-state index in [0.29, 0.717) is 12.4 Å². The maximum Gasteiger partial charge on any atom is 0.250 e. The smallest absolute Gasteiger partial charge is 0.250 e. The van der Waals surface area contributed by atoms with Gasteiger partial charge in [0.2, 0.25) is 0 Å². The molecule has 0 atom stereocenters. The number of halogens is 1. The van der Waals surface area contributed by atoms with Crippen LogP contribution in [0.15, 0.2) is 45.9 Å². The second kappa shape index (κ2) is 4.49. The van der Waals surface area contributed by atoms with Crippen molar-refractivity contribution in [3.8, 4) is 0 Å². The highest BCUT2D eigenvalue weighted by atomic mass is 79.9. The fourth-order valence-corrected chi connectivity index (χ4v) is 1.79. The van der Waals surface area contributed by atoms with E-state index in [1.54, 1.807) is 29.1 Å². The van der Waals surface area contributed by atoms with Crippen molar-refractivity contribution in [1.29, 1.82) is 0 Å². The molecule has 82 valence electrons. The molecule has 2 heterocycles. The van der Waals surface area contributed by atoms with Gasteiger partial charge in [-0.15, -0.1) is 0 Å². The van der Waals surface area contributed by atoms with Gasteiger partial charge >= 0.3 is 0 Å². The van der Waals surface area contributed by atoms with Gasteiger partial charge in [-0.25, -0.2) is 4.98 Å². The van der Waals surface area contributed by atoms with E-state index in [1.807, 2.05) is 6.07 Å². The summed E-state index contributed by atoms with van der Waals surface area (Å²) in [6.45, 7) is 0.491. The lowest BCUT2D eigenvalue weighted by Crippen LogP contribution is -2.18. The maximum atomic E-state index is 11.6. The minimum atomic E-state index is -0.0430. The standard InChI is InChI=1S/C11H10BrN3O/c12-9-1-2-11(16)15(7-9)6-8-3-4-14-10(13)5-8/h1-5,7H,6H2,(H2,13,14). The average Bonchev–Trinajstić information content (AvgIpc) is 2.24. The second-order valence-corrected chi connectivity index (χ2v) is 4.32. The number of nitrogen functional groups attached to an aromatic ring is 1. The summed E-state index contributed by atoms with van der Waals surface area (Å²) in [4.78, 5) is 15.5. The van der Waals surface area contributed by atoms with Crippen LogP contribution in [0.5, 0.6) is 0 Å². The molecule has 0 aliphatic carbocycles. The van der Waals surface area contributed by atoms with Crippen LogP contribution in [-0.4, -0.2) is 9.55 Å². The van der Waals surface area contributed by atoms with Gasteiger partial charge in [-0.05, 0) is 39.7 Å². The first-order chi connectivity index (χ1) is 7.65. The van der Waals surface area contributed by atoms with Crippen molar-refractivity contribution in [2.24, 2.45) is 0 Å². The van der Waals surface area contributed by atoms with E-state index in [4.69, 9.17) is 5.73 Å². The van der Waals surface area contributed by atoms with Crippen LogP contribution in [-0.2, 0) is 6.54 Å². The van der Waals surface area contributed by atoms with Crippen LogP contribution in [0, 0.1) is 0 Å². The Morgan fingerprint density at radius 1 is 1.38 bits per heavy atom. The van der Waals surface area contributed by atoms with E-state index in [0.717, 1.165) is 10.0 Å². The van der Waals surface area contributed by atoms with Gasteiger partial charge < -0.3 is 10.3 Å². The largest absolute Gasteiger partial charge is 0.384 e. The van der Waals surface area contributed by atoms with Gasteiger partial charge in [0.1, 0.15) is 5.82 Å².